The van der Waals surface area contributed by atoms with E-state index in [1.807, 2.05) is 6.92 Å². The van der Waals surface area contributed by atoms with Crippen LogP contribution in [0.2, 0.25) is 0 Å². The van der Waals surface area contributed by atoms with Gasteiger partial charge in [0.1, 0.15) is 0 Å². The van der Waals surface area contributed by atoms with E-state index in [1.54, 1.807) is 6.08 Å². The minimum atomic E-state index is -1.34. The molecule has 0 aliphatic rings. The summed E-state index contributed by atoms with van der Waals surface area (Å²) in [6.45, 7) is 1.98. The van der Waals surface area contributed by atoms with Crippen LogP contribution in [0.3, 0.4) is 0 Å². The third kappa shape index (κ3) is 4.09. The number of carboxylic acids is 1. The monoisotopic (exact) mass is 144 g/mol. The van der Waals surface area contributed by atoms with E-state index in [-0.39, 0.29) is 0 Å². The number of aliphatic hydroxyl groups excluding tert-OH is 1. The Hall–Kier alpha value is -0.830. The van der Waals surface area contributed by atoms with Crippen LogP contribution >= 0.6 is 0 Å². The maximum atomic E-state index is 9.99. The highest BCUT2D eigenvalue weighted by molar-refractivity contribution is 5.74. The number of hydrogen-bond donors (Lipinski definition) is 2. The molecular formula is C7H12O3. The third-order valence-corrected chi connectivity index (χ3v) is 1.03. The predicted octanol–water partition coefficient (Wildman–Crippen LogP) is 0.788. The van der Waals surface area contributed by atoms with E-state index >= 15 is 0 Å². The predicted molar refractivity (Wildman–Crippen MR) is 37.7 cm³/mol. The fourth-order valence-electron chi connectivity index (χ4n) is 0.474. The van der Waals surface area contributed by atoms with Crippen molar-refractivity contribution in [1.82, 2.24) is 0 Å². The van der Waals surface area contributed by atoms with Crippen LogP contribution in [0.25, 0.3) is 0 Å². The first-order valence-electron chi connectivity index (χ1n) is 3.26. The van der Waals surface area contributed by atoms with Gasteiger partial charge in [0.15, 0.2) is 6.10 Å². The lowest BCUT2D eigenvalue weighted by atomic mass is 10.2. The fraction of sp³-hybridized carbons (Fsp3) is 0.571. The van der Waals surface area contributed by atoms with E-state index in [9.17, 15) is 4.79 Å². The van der Waals surface area contributed by atoms with Gasteiger partial charge in [-0.15, -0.1) is 0 Å². The molecule has 0 aliphatic heterocycles. The van der Waals surface area contributed by atoms with Gasteiger partial charge in [-0.3, -0.25) is 0 Å². The van der Waals surface area contributed by atoms with Crippen molar-refractivity contribution in [2.75, 3.05) is 0 Å². The first kappa shape index (κ1) is 9.17. The van der Waals surface area contributed by atoms with E-state index in [0.29, 0.717) is 0 Å². The Morgan fingerprint density at radius 3 is 2.70 bits per heavy atom. The Morgan fingerprint density at radius 1 is 1.70 bits per heavy atom. The van der Waals surface area contributed by atoms with Crippen LogP contribution in [-0.2, 0) is 4.79 Å². The number of aliphatic carboxylic acids is 1. The number of unbranched alkanes of at least 4 members (excludes halogenated alkanes) is 1. The zero-order valence-electron chi connectivity index (χ0n) is 5.95. The van der Waals surface area contributed by atoms with Gasteiger partial charge >= 0.3 is 5.97 Å². The number of allylic oxidation sites excluding steroid dienone is 1. The Balaban J connectivity index is 3.55. The average Bonchev–Trinajstić information content (AvgIpc) is 1.88. The van der Waals surface area contributed by atoms with Crippen LogP contribution in [0.5, 0.6) is 0 Å². The van der Waals surface area contributed by atoms with Crippen LogP contribution < -0.4 is 0 Å². The molecule has 0 saturated carbocycles. The highest BCUT2D eigenvalue weighted by Crippen LogP contribution is 1.91. The molecule has 3 nitrogen and oxygen atoms in total. The highest BCUT2D eigenvalue weighted by Gasteiger charge is 2.06. The van der Waals surface area contributed by atoms with Gasteiger partial charge in [0.25, 0.3) is 0 Å². The summed E-state index contributed by atoms with van der Waals surface area (Å²) in [7, 11) is 0. The van der Waals surface area contributed by atoms with Crippen LogP contribution in [0.15, 0.2) is 12.2 Å². The Kier molecular flexibility index (Phi) is 4.58. The Bertz CT molecular complexity index is 129. The first-order valence-corrected chi connectivity index (χ1v) is 3.26. The molecule has 0 amide bonds. The quantitative estimate of drug-likeness (QED) is 0.573. The highest BCUT2D eigenvalue weighted by atomic mass is 16.4. The van der Waals surface area contributed by atoms with Gasteiger partial charge in [0, 0.05) is 0 Å². The third-order valence-electron chi connectivity index (χ3n) is 1.03. The van der Waals surface area contributed by atoms with Gasteiger partial charge in [-0.05, 0) is 12.5 Å². The summed E-state index contributed by atoms with van der Waals surface area (Å²) in [5.74, 6) is -1.20. The lowest BCUT2D eigenvalue weighted by Crippen LogP contribution is -2.15. The van der Waals surface area contributed by atoms with Crippen molar-refractivity contribution >= 4 is 5.97 Å². The van der Waals surface area contributed by atoms with Crippen LogP contribution in [-0.4, -0.2) is 22.3 Å². The van der Waals surface area contributed by atoms with E-state index in [4.69, 9.17) is 10.2 Å². The topological polar surface area (TPSA) is 57.5 Å². The minimum Gasteiger partial charge on any atom is -0.479 e. The molecular weight excluding hydrogens is 132 g/mol. The molecule has 3 heteroatoms. The van der Waals surface area contributed by atoms with Gasteiger partial charge in [-0.25, -0.2) is 4.79 Å². The van der Waals surface area contributed by atoms with Crippen LogP contribution in [0, 0.1) is 0 Å². The SMILES string of the molecule is CCC/C=C\[C@H](O)C(=O)O. The molecule has 2 N–H and O–H groups in total. The molecule has 0 aromatic rings. The molecule has 0 aromatic heterocycles. The minimum absolute atomic E-state index is 0.810. The second-order valence-electron chi connectivity index (χ2n) is 2.00. The van der Waals surface area contributed by atoms with E-state index in [2.05, 4.69) is 0 Å². The summed E-state index contributed by atoms with van der Waals surface area (Å²) in [6, 6.07) is 0. The van der Waals surface area contributed by atoms with E-state index < -0.39 is 12.1 Å². The van der Waals surface area contributed by atoms with Crippen LogP contribution in [0.1, 0.15) is 19.8 Å². The smallest absolute Gasteiger partial charge is 0.336 e. The van der Waals surface area contributed by atoms with Gasteiger partial charge < -0.3 is 10.2 Å². The molecule has 1 atom stereocenters. The average molecular weight is 144 g/mol. The molecule has 0 bridgehead atoms. The molecule has 0 aliphatic carbocycles. The molecule has 0 spiro atoms. The molecule has 0 rings (SSSR count). The van der Waals surface area contributed by atoms with Crippen molar-refractivity contribution in [2.45, 2.75) is 25.9 Å². The first-order chi connectivity index (χ1) is 4.68. The zero-order valence-corrected chi connectivity index (χ0v) is 5.95. The summed E-state index contributed by atoms with van der Waals surface area (Å²) in [5, 5.41) is 16.8. The second kappa shape index (κ2) is 4.99. The maximum absolute atomic E-state index is 9.99. The summed E-state index contributed by atoms with van der Waals surface area (Å²) in [4.78, 5) is 9.99. The molecule has 58 valence electrons. The fourth-order valence-corrected chi connectivity index (χ4v) is 0.474. The Labute approximate surface area is 60.0 Å². The largest absolute Gasteiger partial charge is 0.479 e. The number of carboxylic acid groups (broad SMARTS) is 1. The molecule has 0 unspecified atom stereocenters. The van der Waals surface area contributed by atoms with Crippen molar-refractivity contribution < 1.29 is 15.0 Å². The van der Waals surface area contributed by atoms with Gasteiger partial charge in [0.2, 0.25) is 0 Å². The standard InChI is InChI=1S/C7H12O3/c1-2-3-4-5-6(8)7(9)10/h4-6,8H,2-3H2,1H3,(H,9,10)/b5-4-/t6-/m0/s1. The summed E-state index contributed by atoms with van der Waals surface area (Å²) in [5.41, 5.74) is 0. The number of carbonyl (C=O) groups is 1. The normalized spacial score (nSPS) is 13.8. The number of hydrogen-bond acceptors (Lipinski definition) is 2. The molecule has 0 aromatic carbocycles. The Morgan fingerprint density at radius 2 is 2.30 bits per heavy atom. The van der Waals surface area contributed by atoms with Crippen molar-refractivity contribution in [1.29, 1.82) is 0 Å². The lowest BCUT2D eigenvalue weighted by Gasteiger charge is -1.95. The van der Waals surface area contributed by atoms with Gasteiger partial charge in [-0.2, -0.15) is 0 Å². The van der Waals surface area contributed by atoms with E-state index in [0.717, 1.165) is 12.8 Å². The van der Waals surface area contributed by atoms with Crippen molar-refractivity contribution in [3.63, 3.8) is 0 Å². The summed E-state index contributed by atoms with van der Waals surface area (Å²) >= 11 is 0. The molecule has 10 heavy (non-hydrogen) atoms. The second-order valence-corrected chi connectivity index (χ2v) is 2.00. The number of aliphatic hydroxyl groups is 1. The van der Waals surface area contributed by atoms with Gasteiger partial charge in [-0.1, -0.05) is 19.4 Å². The van der Waals surface area contributed by atoms with E-state index in [1.165, 1.54) is 6.08 Å². The zero-order chi connectivity index (χ0) is 7.98. The number of rotatable bonds is 4. The maximum Gasteiger partial charge on any atom is 0.336 e. The van der Waals surface area contributed by atoms with Crippen LogP contribution in [0.4, 0.5) is 0 Å². The molecule has 0 saturated heterocycles. The van der Waals surface area contributed by atoms with Crippen molar-refractivity contribution in [3.8, 4) is 0 Å². The van der Waals surface area contributed by atoms with Crippen molar-refractivity contribution in [2.24, 2.45) is 0 Å². The molecule has 0 fully saturated rings. The summed E-state index contributed by atoms with van der Waals surface area (Å²) in [6.07, 6.45) is 3.38. The van der Waals surface area contributed by atoms with Crippen molar-refractivity contribution in [3.05, 3.63) is 12.2 Å². The van der Waals surface area contributed by atoms with Gasteiger partial charge in [0.05, 0.1) is 0 Å². The molecule has 0 heterocycles. The lowest BCUT2D eigenvalue weighted by molar-refractivity contribution is -0.144. The summed E-state index contributed by atoms with van der Waals surface area (Å²) < 4.78 is 0. The molecule has 0 radical (unpaired) electrons.